The summed E-state index contributed by atoms with van der Waals surface area (Å²) in [5.41, 5.74) is 0.360. The molecule has 2 heterocycles. The molecule has 166 valence electrons. The van der Waals surface area contributed by atoms with Crippen molar-refractivity contribution in [2.75, 3.05) is 17.7 Å². The minimum atomic E-state index is -3.34. The topological polar surface area (TPSA) is 79.4 Å². The van der Waals surface area contributed by atoms with Crippen molar-refractivity contribution in [2.45, 2.75) is 31.8 Å². The summed E-state index contributed by atoms with van der Waals surface area (Å²) in [5.74, 6) is -2.03. The molecule has 0 radical (unpaired) electrons. The number of nitrogens with one attached hydrogen (secondary N) is 1. The first-order chi connectivity index (χ1) is 14.6. The number of sulfone groups is 1. The molecule has 6 nitrogen and oxygen atoms in total. The first kappa shape index (κ1) is 23.1. The molecule has 1 N–H and O–H groups in total. The van der Waals surface area contributed by atoms with Crippen LogP contribution in [-0.4, -0.2) is 38.2 Å². The Morgan fingerprint density at radius 1 is 1.35 bits per heavy atom. The van der Waals surface area contributed by atoms with Gasteiger partial charge in [-0.05, 0) is 31.9 Å². The second kappa shape index (κ2) is 9.32. The molecule has 1 aromatic heterocycles. The van der Waals surface area contributed by atoms with Gasteiger partial charge in [-0.1, -0.05) is 23.7 Å². The number of hydrogen-bond donors (Lipinski definition) is 1. The number of aromatic nitrogens is 1. The Hall–Kier alpha value is -2.52. The summed E-state index contributed by atoms with van der Waals surface area (Å²) in [6, 6.07) is 4.66. The summed E-state index contributed by atoms with van der Waals surface area (Å²) in [6.45, 7) is 2.12. The van der Waals surface area contributed by atoms with Crippen molar-refractivity contribution in [3.8, 4) is 0 Å². The summed E-state index contributed by atoms with van der Waals surface area (Å²) < 4.78 is 51.4. The van der Waals surface area contributed by atoms with E-state index in [4.69, 9.17) is 11.6 Å². The van der Waals surface area contributed by atoms with Gasteiger partial charge in [-0.2, -0.15) is 0 Å². The second-order valence-electron chi connectivity index (χ2n) is 7.43. The van der Waals surface area contributed by atoms with Crippen LogP contribution in [0.1, 0.15) is 41.9 Å². The van der Waals surface area contributed by atoms with Crippen molar-refractivity contribution in [1.82, 2.24) is 10.3 Å². The van der Waals surface area contributed by atoms with Gasteiger partial charge in [0.25, 0.3) is 5.91 Å². The van der Waals surface area contributed by atoms with E-state index in [-0.39, 0.29) is 6.04 Å². The maximum Gasteiger partial charge on any atom is 0.273 e. The average Bonchev–Trinajstić information content (AvgIpc) is 3.15. The van der Waals surface area contributed by atoms with Crippen molar-refractivity contribution < 1.29 is 22.0 Å². The van der Waals surface area contributed by atoms with E-state index in [0.29, 0.717) is 29.2 Å². The Balaban J connectivity index is 1.80. The molecular formula is C21H22ClF2N3O3S. The van der Waals surface area contributed by atoms with Crippen molar-refractivity contribution >= 4 is 33.0 Å². The van der Waals surface area contributed by atoms with E-state index in [0.717, 1.165) is 18.1 Å². The molecule has 1 aromatic carbocycles. The highest BCUT2D eigenvalue weighted by atomic mass is 35.5. The number of carbonyl (C=O) groups is 1. The number of benzene rings is 1. The van der Waals surface area contributed by atoms with E-state index in [1.54, 1.807) is 13.0 Å². The lowest BCUT2D eigenvalue weighted by Gasteiger charge is -2.28. The normalized spacial score (nSPS) is 17.8. The number of hydrogen-bond acceptors (Lipinski definition) is 5. The van der Waals surface area contributed by atoms with Gasteiger partial charge in [-0.15, -0.1) is 0 Å². The van der Waals surface area contributed by atoms with Crippen LogP contribution in [0.25, 0.3) is 0 Å². The van der Waals surface area contributed by atoms with E-state index in [9.17, 15) is 22.0 Å². The van der Waals surface area contributed by atoms with E-state index < -0.39 is 39.1 Å². The van der Waals surface area contributed by atoms with Gasteiger partial charge in [-0.25, -0.2) is 22.2 Å². The first-order valence-electron chi connectivity index (χ1n) is 9.62. The maximum atomic E-state index is 14.7. The van der Waals surface area contributed by atoms with Crippen molar-refractivity contribution in [3.05, 3.63) is 69.9 Å². The first-order valence-corrected chi connectivity index (χ1v) is 12.0. The van der Waals surface area contributed by atoms with Crippen LogP contribution in [0.15, 0.2) is 41.9 Å². The third-order valence-electron chi connectivity index (χ3n) is 4.93. The lowest BCUT2D eigenvalue weighted by atomic mass is 10.0. The van der Waals surface area contributed by atoms with Crippen LogP contribution in [0.4, 0.5) is 14.5 Å². The fourth-order valence-electron chi connectivity index (χ4n) is 3.54. The summed E-state index contributed by atoms with van der Waals surface area (Å²) in [7, 11) is -3.34. The van der Waals surface area contributed by atoms with Crippen LogP contribution in [0.5, 0.6) is 0 Å². The highest BCUT2D eigenvalue weighted by molar-refractivity contribution is 7.93. The van der Waals surface area contributed by atoms with E-state index in [1.807, 2.05) is 4.90 Å². The van der Waals surface area contributed by atoms with Gasteiger partial charge in [0, 0.05) is 40.9 Å². The Morgan fingerprint density at radius 2 is 2.10 bits per heavy atom. The number of anilines is 1. The highest BCUT2D eigenvalue weighted by Gasteiger charge is 2.31. The van der Waals surface area contributed by atoms with Crippen LogP contribution in [-0.2, 0) is 9.84 Å². The molecular weight excluding hydrogens is 448 g/mol. The van der Waals surface area contributed by atoms with Gasteiger partial charge in [-0.3, -0.25) is 4.79 Å². The molecule has 1 fully saturated rings. The summed E-state index contributed by atoms with van der Waals surface area (Å²) in [4.78, 5) is 18.1. The van der Waals surface area contributed by atoms with Crippen LogP contribution in [0.3, 0.4) is 0 Å². The van der Waals surface area contributed by atoms with E-state index >= 15 is 0 Å². The minimum absolute atomic E-state index is 0.303. The van der Waals surface area contributed by atoms with E-state index in [1.165, 1.54) is 30.5 Å². The maximum absolute atomic E-state index is 14.7. The quantitative estimate of drug-likeness (QED) is 0.691. The number of pyridine rings is 1. The van der Waals surface area contributed by atoms with Gasteiger partial charge in [0.15, 0.2) is 21.3 Å². The second-order valence-corrected chi connectivity index (χ2v) is 9.77. The zero-order valence-corrected chi connectivity index (χ0v) is 18.6. The molecule has 0 aliphatic carbocycles. The molecule has 2 atom stereocenters. The number of halogens is 3. The molecule has 0 saturated carbocycles. The van der Waals surface area contributed by atoms with Crippen LogP contribution in [0.2, 0.25) is 5.02 Å². The molecule has 3 rings (SSSR count). The van der Waals surface area contributed by atoms with Gasteiger partial charge >= 0.3 is 0 Å². The Morgan fingerprint density at radius 3 is 2.74 bits per heavy atom. The summed E-state index contributed by atoms with van der Waals surface area (Å²) in [5, 5.41) is 3.74. The van der Waals surface area contributed by atoms with Crippen molar-refractivity contribution in [1.29, 1.82) is 0 Å². The monoisotopic (exact) mass is 469 g/mol. The number of carbonyl (C=O) groups excluding carboxylic acids is 1. The Bertz CT molecular complexity index is 1100. The van der Waals surface area contributed by atoms with Crippen molar-refractivity contribution in [2.24, 2.45) is 0 Å². The SMILES string of the molecule is C[C@H](/C=C/S(C)(=O)=O)NC(=O)c1ncc(N2CCC[C@H]2c2c(F)cccc2Cl)cc1F. The average molecular weight is 470 g/mol. The molecule has 1 amide bonds. The minimum Gasteiger partial charge on any atom is -0.363 e. The fourth-order valence-corrected chi connectivity index (χ4v) is 4.35. The summed E-state index contributed by atoms with van der Waals surface area (Å²) in [6.07, 6.45) is 5.09. The standard InChI is InChI=1S/C21H22ClF2N3O3S/c1-13(8-10-31(2,29)30)26-21(28)20-17(24)11-14(12-25-20)27-9-4-7-18(27)19-15(22)5-3-6-16(19)23/h3,5-6,8,10-13,18H,4,7,9H2,1-2H3,(H,26,28)/b10-8+/t13-,18+/m1/s1. The lowest BCUT2D eigenvalue weighted by Crippen LogP contribution is -2.32. The van der Waals surface area contributed by atoms with Crippen molar-refractivity contribution in [3.63, 3.8) is 0 Å². The highest BCUT2D eigenvalue weighted by Crippen LogP contribution is 2.40. The van der Waals surface area contributed by atoms with Crippen LogP contribution >= 0.6 is 11.6 Å². The van der Waals surface area contributed by atoms with Gasteiger partial charge in [0.2, 0.25) is 0 Å². The molecule has 1 aliphatic heterocycles. The molecule has 0 unspecified atom stereocenters. The van der Waals surface area contributed by atoms with Crippen LogP contribution < -0.4 is 10.2 Å². The molecule has 0 spiro atoms. The smallest absolute Gasteiger partial charge is 0.273 e. The lowest BCUT2D eigenvalue weighted by molar-refractivity contribution is 0.0937. The largest absolute Gasteiger partial charge is 0.363 e. The predicted molar refractivity (Wildman–Crippen MR) is 116 cm³/mol. The predicted octanol–water partition coefficient (Wildman–Crippen LogP) is 4.03. The molecule has 10 heteroatoms. The van der Waals surface area contributed by atoms with Gasteiger partial charge in [0.05, 0.1) is 17.9 Å². The zero-order chi connectivity index (χ0) is 22.8. The number of amides is 1. The third kappa shape index (κ3) is 5.59. The summed E-state index contributed by atoms with van der Waals surface area (Å²) >= 11 is 6.21. The third-order valence-corrected chi connectivity index (χ3v) is 5.91. The zero-order valence-electron chi connectivity index (χ0n) is 17.0. The molecule has 2 aromatic rings. The number of rotatable bonds is 6. The molecule has 1 aliphatic rings. The van der Waals surface area contributed by atoms with Gasteiger partial charge < -0.3 is 10.2 Å². The molecule has 31 heavy (non-hydrogen) atoms. The Kier molecular flexibility index (Phi) is 6.96. The van der Waals surface area contributed by atoms with Gasteiger partial charge in [0.1, 0.15) is 5.82 Å². The Labute approximate surface area is 184 Å². The molecule has 1 saturated heterocycles. The number of nitrogens with zero attached hydrogens (tertiary/aromatic N) is 2. The fraction of sp³-hybridized carbons (Fsp3) is 0.333. The van der Waals surface area contributed by atoms with E-state index in [2.05, 4.69) is 10.3 Å². The van der Waals surface area contributed by atoms with Crippen LogP contribution in [0, 0.1) is 11.6 Å². The molecule has 0 bridgehead atoms.